The first kappa shape index (κ1) is 21.1. The highest BCUT2D eigenvalue weighted by molar-refractivity contribution is 7.92. The molecule has 8 heteroatoms. The van der Waals surface area contributed by atoms with Gasteiger partial charge in [-0.1, -0.05) is 32.9 Å². The fraction of sp³-hybridized carbons (Fsp3) is 0.368. The molecule has 0 amide bonds. The van der Waals surface area contributed by atoms with Crippen molar-refractivity contribution in [3.63, 3.8) is 0 Å². The van der Waals surface area contributed by atoms with Crippen molar-refractivity contribution in [2.75, 3.05) is 11.8 Å². The summed E-state index contributed by atoms with van der Waals surface area (Å²) in [5, 5.41) is 0. The van der Waals surface area contributed by atoms with Crippen LogP contribution in [0.1, 0.15) is 38.3 Å². The highest BCUT2D eigenvalue weighted by atomic mass is 32.2. The largest absolute Gasteiger partial charge is 0.495 e. The van der Waals surface area contributed by atoms with E-state index in [1.807, 2.05) is 20.8 Å². The lowest BCUT2D eigenvalue weighted by molar-refractivity contribution is -0.137. The third kappa shape index (κ3) is 4.74. The maximum absolute atomic E-state index is 12.9. The monoisotopic (exact) mass is 401 g/mol. The summed E-state index contributed by atoms with van der Waals surface area (Å²) in [6, 6.07) is 8.92. The molecule has 2 aromatic rings. The number of nitrogens with one attached hydrogen (secondary N) is 1. The van der Waals surface area contributed by atoms with E-state index in [0.717, 1.165) is 24.1 Å². The van der Waals surface area contributed by atoms with Gasteiger partial charge < -0.3 is 4.74 Å². The normalized spacial score (nSPS) is 12.7. The van der Waals surface area contributed by atoms with Crippen LogP contribution in [0, 0.1) is 0 Å². The maximum atomic E-state index is 12.9. The molecule has 148 valence electrons. The molecule has 0 bridgehead atoms. The van der Waals surface area contributed by atoms with Crippen molar-refractivity contribution in [2.45, 2.75) is 43.7 Å². The molecule has 0 heterocycles. The predicted molar refractivity (Wildman–Crippen MR) is 98.6 cm³/mol. The van der Waals surface area contributed by atoms with E-state index < -0.39 is 21.8 Å². The van der Waals surface area contributed by atoms with Gasteiger partial charge in [0, 0.05) is 0 Å². The van der Waals surface area contributed by atoms with Crippen LogP contribution in [-0.4, -0.2) is 15.5 Å². The van der Waals surface area contributed by atoms with Crippen LogP contribution in [0.2, 0.25) is 0 Å². The minimum Gasteiger partial charge on any atom is -0.495 e. The van der Waals surface area contributed by atoms with Gasteiger partial charge >= 0.3 is 6.18 Å². The summed E-state index contributed by atoms with van der Waals surface area (Å²) in [5.74, 6) is -0.00434. The Kier molecular flexibility index (Phi) is 5.79. The topological polar surface area (TPSA) is 55.4 Å². The van der Waals surface area contributed by atoms with Crippen molar-refractivity contribution in [1.82, 2.24) is 0 Å². The van der Waals surface area contributed by atoms with Gasteiger partial charge in [-0.15, -0.1) is 0 Å². The van der Waals surface area contributed by atoms with Crippen LogP contribution in [0.3, 0.4) is 0 Å². The third-order valence-corrected chi connectivity index (χ3v) is 5.98. The highest BCUT2D eigenvalue weighted by Crippen LogP contribution is 2.36. The summed E-state index contributed by atoms with van der Waals surface area (Å²) >= 11 is 0. The van der Waals surface area contributed by atoms with E-state index >= 15 is 0 Å². The quantitative estimate of drug-likeness (QED) is 0.724. The zero-order valence-corrected chi connectivity index (χ0v) is 16.3. The molecule has 0 aliphatic carbocycles. The Hall–Kier alpha value is -2.22. The van der Waals surface area contributed by atoms with E-state index in [1.54, 1.807) is 12.1 Å². The molecule has 0 atom stereocenters. The van der Waals surface area contributed by atoms with Crippen molar-refractivity contribution in [3.05, 3.63) is 53.6 Å². The smallest absolute Gasteiger partial charge is 0.416 e. The zero-order valence-electron chi connectivity index (χ0n) is 15.5. The van der Waals surface area contributed by atoms with Crippen LogP contribution in [-0.2, 0) is 21.6 Å². The Labute approximate surface area is 157 Å². The standard InChI is InChI=1S/C19H22F3NO3S/c1-5-18(2,3)13-6-9-15(10-7-13)27(24,25)23-16-12-14(19(20,21)22)8-11-17(16)26-4/h6-12,23H,5H2,1-4H3. The third-order valence-electron chi connectivity index (χ3n) is 4.60. The first-order valence-electron chi connectivity index (χ1n) is 8.29. The van der Waals surface area contributed by atoms with Gasteiger partial charge in [0.1, 0.15) is 5.75 Å². The van der Waals surface area contributed by atoms with Crippen LogP contribution < -0.4 is 9.46 Å². The lowest BCUT2D eigenvalue weighted by Gasteiger charge is -2.23. The predicted octanol–water partition coefficient (Wildman–Crippen LogP) is 5.20. The lowest BCUT2D eigenvalue weighted by Crippen LogP contribution is -2.17. The summed E-state index contributed by atoms with van der Waals surface area (Å²) in [7, 11) is -2.82. The van der Waals surface area contributed by atoms with Crippen LogP contribution >= 0.6 is 0 Å². The number of alkyl halides is 3. The number of anilines is 1. The number of hydrogen-bond acceptors (Lipinski definition) is 3. The molecule has 0 spiro atoms. The van der Waals surface area contributed by atoms with Crippen molar-refractivity contribution in [1.29, 1.82) is 0 Å². The molecule has 0 aliphatic heterocycles. The van der Waals surface area contributed by atoms with E-state index in [4.69, 9.17) is 4.74 Å². The molecule has 0 aromatic heterocycles. The Morgan fingerprint density at radius 2 is 1.56 bits per heavy atom. The minimum absolute atomic E-state index is 0.00434. The number of benzene rings is 2. The molecule has 4 nitrogen and oxygen atoms in total. The van der Waals surface area contributed by atoms with Gasteiger partial charge in [0.25, 0.3) is 10.0 Å². The fourth-order valence-electron chi connectivity index (χ4n) is 2.46. The molecule has 2 rings (SSSR count). The summed E-state index contributed by atoms with van der Waals surface area (Å²) in [6.45, 7) is 6.12. The second-order valence-corrected chi connectivity index (χ2v) is 8.46. The number of halogens is 3. The van der Waals surface area contributed by atoms with Gasteiger partial charge in [-0.25, -0.2) is 8.42 Å². The molecule has 0 aliphatic rings. The van der Waals surface area contributed by atoms with Gasteiger partial charge in [-0.05, 0) is 47.7 Å². The van der Waals surface area contributed by atoms with Crippen molar-refractivity contribution in [3.8, 4) is 5.75 Å². The average molecular weight is 401 g/mol. The molecule has 27 heavy (non-hydrogen) atoms. The average Bonchev–Trinajstić information content (AvgIpc) is 2.60. The van der Waals surface area contributed by atoms with E-state index in [-0.39, 0.29) is 21.7 Å². The Morgan fingerprint density at radius 3 is 2.04 bits per heavy atom. The SMILES string of the molecule is CCC(C)(C)c1ccc(S(=O)(=O)Nc2cc(C(F)(F)F)ccc2OC)cc1. The van der Waals surface area contributed by atoms with E-state index in [9.17, 15) is 21.6 Å². The first-order chi connectivity index (χ1) is 12.4. The number of sulfonamides is 1. The maximum Gasteiger partial charge on any atom is 0.416 e. The summed E-state index contributed by atoms with van der Waals surface area (Å²) < 4.78 is 71.2. The summed E-state index contributed by atoms with van der Waals surface area (Å²) in [5.41, 5.74) is -0.382. The molecule has 0 radical (unpaired) electrons. The zero-order chi connectivity index (χ0) is 20.5. The van der Waals surface area contributed by atoms with Gasteiger partial charge in [-0.2, -0.15) is 13.2 Å². The molecular weight excluding hydrogens is 379 g/mol. The van der Waals surface area contributed by atoms with Gasteiger partial charge in [-0.3, -0.25) is 4.72 Å². The fourth-order valence-corrected chi connectivity index (χ4v) is 3.52. The minimum atomic E-state index is -4.60. The van der Waals surface area contributed by atoms with Crippen molar-refractivity contribution >= 4 is 15.7 Å². The Bertz CT molecular complexity index is 905. The van der Waals surface area contributed by atoms with Crippen LogP contribution in [0.25, 0.3) is 0 Å². The number of hydrogen-bond donors (Lipinski definition) is 1. The van der Waals surface area contributed by atoms with Crippen LogP contribution in [0.5, 0.6) is 5.75 Å². The van der Waals surface area contributed by atoms with E-state index in [0.29, 0.717) is 6.07 Å². The molecule has 0 saturated heterocycles. The Balaban J connectivity index is 2.39. The summed E-state index contributed by atoms with van der Waals surface area (Å²) in [4.78, 5) is -0.0439. The molecule has 1 N–H and O–H groups in total. The van der Waals surface area contributed by atoms with Gasteiger partial charge in [0.05, 0.1) is 23.3 Å². The summed E-state index contributed by atoms with van der Waals surface area (Å²) in [6.07, 6.45) is -3.72. The first-order valence-corrected chi connectivity index (χ1v) is 9.77. The molecule has 0 saturated carbocycles. The Morgan fingerprint density at radius 1 is 1.00 bits per heavy atom. The molecule has 2 aromatic carbocycles. The van der Waals surface area contributed by atoms with Crippen molar-refractivity contribution < 1.29 is 26.3 Å². The number of rotatable bonds is 6. The van der Waals surface area contributed by atoms with Crippen LogP contribution in [0.4, 0.5) is 18.9 Å². The highest BCUT2D eigenvalue weighted by Gasteiger charge is 2.32. The lowest BCUT2D eigenvalue weighted by atomic mass is 9.82. The molecule has 0 unspecified atom stereocenters. The second-order valence-electron chi connectivity index (χ2n) is 6.78. The van der Waals surface area contributed by atoms with Crippen molar-refractivity contribution in [2.24, 2.45) is 0 Å². The molecular formula is C19H22F3NO3S. The second kappa shape index (κ2) is 7.42. The number of methoxy groups -OCH3 is 1. The van der Waals surface area contributed by atoms with E-state index in [2.05, 4.69) is 4.72 Å². The van der Waals surface area contributed by atoms with Crippen LogP contribution in [0.15, 0.2) is 47.4 Å². The van der Waals surface area contributed by atoms with E-state index in [1.165, 1.54) is 19.2 Å². The molecule has 0 fully saturated rings. The van der Waals surface area contributed by atoms with Gasteiger partial charge in [0.2, 0.25) is 0 Å². The van der Waals surface area contributed by atoms with Gasteiger partial charge in [0.15, 0.2) is 0 Å². The number of ether oxygens (including phenoxy) is 1.